The number of carbonyl (C=O) groups excluding carboxylic acids is 3. The van der Waals surface area contributed by atoms with Gasteiger partial charge < -0.3 is 15.0 Å². The molecule has 6 nitrogen and oxygen atoms in total. The number of unbranched alkanes of at least 4 members (excludes halogenated alkanes) is 1. The van der Waals surface area contributed by atoms with Gasteiger partial charge in [-0.15, -0.1) is 0 Å². The Bertz CT molecular complexity index is 653. The highest BCUT2D eigenvalue weighted by atomic mass is 19.4. The highest BCUT2D eigenvalue weighted by molar-refractivity contribution is 6.10. The summed E-state index contributed by atoms with van der Waals surface area (Å²) in [5.74, 6) is -3.52. The van der Waals surface area contributed by atoms with Crippen molar-refractivity contribution in [2.24, 2.45) is 0 Å². The van der Waals surface area contributed by atoms with Crippen molar-refractivity contribution in [1.82, 2.24) is 10.2 Å². The molecule has 0 radical (unpaired) electrons. The van der Waals surface area contributed by atoms with Crippen LogP contribution in [0.2, 0.25) is 0 Å². The second-order valence-corrected chi connectivity index (χ2v) is 6.96. The first-order valence-corrected chi connectivity index (χ1v) is 9.12. The van der Waals surface area contributed by atoms with Crippen LogP contribution in [-0.2, 0) is 19.1 Å². The van der Waals surface area contributed by atoms with Gasteiger partial charge in [0.2, 0.25) is 11.4 Å². The predicted octanol–water partition coefficient (Wildman–Crippen LogP) is 2.83. The van der Waals surface area contributed by atoms with E-state index < -0.39 is 41.1 Å². The fourth-order valence-electron chi connectivity index (χ4n) is 3.90. The maximum absolute atomic E-state index is 14.2. The molecule has 1 aliphatic heterocycles. The summed E-state index contributed by atoms with van der Waals surface area (Å²) in [6.45, 7) is 3.09. The summed E-state index contributed by atoms with van der Waals surface area (Å²) in [5, 5.41) is 1.85. The number of hydrogen-bond donors (Lipinski definition) is 1. The van der Waals surface area contributed by atoms with Gasteiger partial charge in [-0.1, -0.05) is 26.2 Å². The summed E-state index contributed by atoms with van der Waals surface area (Å²) in [6, 6.07) is -0.422. The standard InChI is InChI=1S/C18H25F3N2O4/c1-4-5-10-13(24)22-17(18(19,20)21)14(15(25)27-3)11(2)23(16(17)26)12-8-6-7-9-12/h12H,4-10H2,1-3H3,(H,22,24). The molecule has 0 aromatic rings. The number of alkyl halides is 3. The van der Waals surface area contributed by atoms with E-state index in [0.29, 0.717) is 25.7 Å². The zero-order chi connectivity index (χ0) is 20.4. The maximum atomic E-state index is 14.2. The van der Waals surface area contributed by atoms with Crippen molar-refractivity contribution in [3.05, 3.63) is 11.3 Å². The molecule has 1 saturated carbocycles. The van der Waals surface area contributed by atoms with Gasteiger partial charge in [-0.05, 0) is 26.2 Å². The third kappa shape index (κ3) is 3.55. The molecule has 2 aliphatic rings. The van der Waals surface area contributed by atoms with Gasteiger partial charge in [0.25, 0.3) is 5.91 Å². The number of nitrogens with one attached hydrogen (secondary N) is 1. The molecule has 1 atom stereocenters. The van der Waals surface area contributed by atoms with Crippen LogP contribution in [0.4, 0.5) is 13.2 Å². The number of esters is 1. The minimum Gasteiger partial charge on any atom is -0.466 e. The van der Waals surface area contributed by atoms with Crippen molar-refractivity contribution in [2.75, 3.05) is 7.11 Å². The normalized spacial score (nSPS) is 23.9. The van der Waals surface area contributed by atoms with Crippen LogP contribution in [0, 0.1) is 0 Å². The number of allylic oxidation sites excluding steroid dienone is 1. The molecule has 2 rings (SSSR count). The van der Waals surface area contributed by atoms with Crippen molar-refractivity contribution >= 4 is 17.8 Å². The van der Waals surface area contributed by atoms with Crippen molar-refractivity contribution < 1.29 is 32.3 Å². The van der Waals surface area contributed by atoms with Crippen molar-refractivity contribution in [3.63, 3.8) is 0 Å². The van der Waals surface area contributed by atoms with Gasteiger partial charge >= 0.3 is 12.1 Å². The first-order chi connectivity index (χ1) is 12.6. The minimum absolute atomic E-state index is 0.105. The Morgan fingerprint density at radius 3 is 2.37 bits per heavy atom. The largest absolute Gasteiger partial charge is 0.466 e. The Morgan fingerprint density at radius 2 is 1.89 bits per heavy atom. The van der Waals surface area contributed by atoms with Crippen LogP contribution in [0.25, 0.3) is 0 Å². The summed E-state index contributed by atoms with van der Waals surface area (Å²) in [4.78, 5) is 38.6. The lowest BCUT2D eigenvalue weighted by Crippen LogP contribution is -2.66. The SMILES string of the molecule is CCCCC(=O)NC1(C(F)(F)F)C(=O)N(C2CCCC2)C(C)=C1C(=O)OC. The topological polar surface area (TPSA) is 75.7 Å². The van der Waals surface area contributed by atoms with Crippen LogP contribution < -0.4 is 5.32 Å². The molecule has 1 heterocycles. The monoisotopic (exact) mass is 390 g/mol. The molecule has 2 amide bonds. The van der Waals surface area contributed by atoms with Gasteiger partial charge in [0.05, 0.1) is 7.11 Å². The van der Waals surface area contributed by atoms with E-state index in [1.807, 2.05) is 5.32 Å². The van der Waals surface area contributed by atoms with E-state index in [2.05, 4.69) is 4.74 Å². The molecule has 1 unspecified atom stereocenters. The highest BCUT2D eigenvalue weighted by Crippen LogP contribution is 2.47. The highest BCUT2D eigenvalue weighted by Gasteiger charge is 2.71. The lowest BCUT2D eigenvalue weighted by atomic mass is 9.88. The summed E-state index contributed by atoms with van der Waals surface area (Å²) in [7, 11) is 0.950. The third-order valence-corrected chi connectivity index (χ3v) is 5.23. The molecule has 0 saturated heterocycles. The zero-order valence-electron chi connectivity index (χ0n) is 15.7. The molecule has 0 aromatic heterocycles. The van der Waals surface area contributed by atoms with E-state index in [9.17, 15) is 27.6 Å². The number of hydrogen-bond acceptors (Lipinski definition) is 4. The Balaban J connectivity index is 2.58. The molecule has 1 aliphatic carbocycles. The minimum atomic E-state index is -5.19. The molecular formula is C18H25F3N2O4. The zero-order valence-corrected chi connectivity index (χ0v) is 15.7. The molecule has 152 valence electrons. The smallest absolute Gasteiger partial charge is 0.425 e. The van der Waals surface area contributed by atoms with E-state index in [4.69, 9.17) is 0 Å². The molecule has 9 heteroatoms. The molecule has 1 N–H and O–H groups in total. The maximum Gasteiger partial charge on any atom is 0.425 e. The Morgan fingerprint density at radius 1 is 1.30 bits per heavy atom. The summed E-state index contributed by atoms with van der Waals surface area (Å²) >= 11 is 0. The number of rotatable bonds is 6. The third-order valence-electron chi connectivity index (χ3n) is 5.23. The van der Waals surface area contributed by atoms with E-state index in [1.54, 1.807) is 6.92 Å². The number of amides is 2. The van der Waals surface area contributed by atoms with Crippen LogP contribution in [0.15, 0.2) is 11.3 Å². The Hall–Kier alpha value is -2.06. The second-order valence-electron chi connectivity index (χ2n) is 6.96. The van der Waals surface area contributed by atoms with Crippen LogP contribution in [0.3, 0.4) is 0 Å². The van der Waals surface area contributed by atoms with Crippen LogP contribution in [0.1, 0.15) is 58.8 Å². The van der Waals surface area contributed by atoms with E-state index in [-0.39, 0.29) is 12.1 Å². The van der Waals surface area contributed by atoms with E-state index in [1.165, 1.54) is 6.92 Å². The summed E-state index contributed by atoms with van der Waals surface area (Å²) < 4.78 is 47.2. The lowest BCUT2D eigenvalue weighted by Gasteiger charge is -2.34. The molecule has 0 bridgehead atoms. The second kappa shape index (κ2) is 7.90. The number of halogens is 3. The Labute approximate surface area is 156 Å². The summed E-state index contributed by atoms with van der Waals surface area (Å²) in [5.41, 5.74) is -4.36. The van der Waals surface area contributed by atoms with Gasteiger partial charge in [-0.25, -0.2) is 4.79 Å². The quantitative estimate of drug-likeness (QED) is 0.708. The van der Waals surface area contributed by atoms with E-state index in [0.717, 1.165) is 24.9 Å². The fourth-order valence-corrected chi connectivity index (χ4v) is 3.90. The van der Waals surface area contributed by atoms with Gasteiger partial charge in [-0.2, -0.15) is 13.2 Å². The fraction of sp³-hybridized carbons (Fsp3) is 0.722. The van der Waals surface area contributed by atoms with Crippen LogP contribution in [0.5, 0.6) is 0 Å². The van der Waals surface area contributed by atoms with Gasteiger partial charge in [0.15, 0.2) is 0 Å². The molecule has 1 fully saturated rings. The van der Waals surface area contributed by atoms with Gasteiger partial charge in [0, 0.05) is 18.2 Å². The van der Waals surface area contributed by atoms with Crippen molar-refractivity contribution in [2.45, 2.75) is 76.6 Å². The summed E-state index contributed by atoms with van der Waals surface area (Å²) in [6.07, 6.45) is -1.70. The average molecular weight is 390 g/mol. The van der Waals surface area contributed by atoms with Gasteiger partial charge in [0.1, 0.15) is 5.57 Å². The first kappa shape index (κ1) is 21.2. The van der Waals surface area contributed by atoms with Gasteiger partial charge in [-0.3, -0.25) is 9.59 Å². The van der Waals surface area contributed by atoms with Crippen LogP contribution >= 0.6 is 0 Å². The Kier molecular flexibility index (Phi) is 6.21. The number of nitrogens with zero attached hydrogens (tertiary/aromatic N) is 1. The van der Waals surface area contributed by atoms with Crippen molar-refractivity contribution in [1.29, 1.82) is 0 Å². The molecular weight excluding hydrogens is 365 g/mol. The predicted molar refractivity (Wildman–Crippen MR) is 90.3 cm³/mol. The van der Waals surface area contributed by atoms with Crippen LogP contribution in [-0.4, -0.2) is 47.6 Å². The lowest BCUT2D eigenvalue weighted by molar-refractivity contribution is -0.196. The van der Waals surface area contributed by atoms with E-state index >= 15 is 0 Å². The number of ether oxygens (including phenoxy) is 1. The average Bonchev–Trinajstić information content (AvgIpc) is 3.18. The number of methoxy groups -OCH3 is 1. The molecule has 0 aromatic carbocycles. The first-order valence-electron chi connectivity index (χ1n) is 9.12. The molecule has 27 heavy (non-hydrogen) atoms. The number of carbonyl (C=O) groups is 3. The van der Waals surface area contributed by atoms with Crippen molar-refractivity contribution in [3.8, 4) is 0 Å². The molecule has 0 spiro atoms.